The van der Waals surface area contributed by atoms with Crippen molar-refractivity contribution in [1.29, 1.82) is 0 Å². The number of aryl methyl sites for hydroxylation is 1. The van der Waals surface area contributed by atoms with Crippen LogP contribution in [-0.4, -0.2) is 51.4 Å². The third-order valence-electron chi connectivity index (χ3n) is 4.64. The summed E-state index contributed by atoms with van der Waals surface area (Å²) in [5.41, 5.74) is 0.974. The number of hydrogen-bond acceptors (Lipinski definition) is 4. The first-order chi connectivity index (χ1) is 12.5. The molecule has 0 atom stereocenters. The average molecular weight is 418 g/mol. The van der Waals surface area contributed by atoms with E-state index in [4.69, 9.17) is 0 Å². The Balaban J connectivity index is 0.00000364. The maximum Gasteiger partial charge on any atom is 0.243 e. The van der Waals surface area contributed by atoms with Crippen molar-refractivity contribution in [3.8, 4) is 0 Å². The Bertz CT molecular complexity index is 657. The average Bonchev–Trinajstić information content (AvgIpc) is 2.94. The number of rotatable bonds is 9. The molecule has 27 heavy (non-hydrogen) atoms. The van der Waals surface area contributed by atoms with E-state index in [1.807, 2.05) is 19.1 Å². The Kier molecular flexibility index (Phi) is 10.9. The minimum atomic E-state index is -3.40. The van der Waals surface area contributed by atoms with Gasteiger partial charge in [-0.15, -0.1) is 12.4 Å². The fourth-order valence-corrected chi connectivity index (χ4v) is 4.59. The second-order valence-electron chi connectivity index (χ2n) is 6.67. The molecule has 2 rings (SSSR count). The molecule has 0 radical (unpaired) electrons. The molecule has 1 aromatic rings. The monoisotopic (exact) mass is 417 g/mol. The molecule has 8 heteroatoms. The molecule has 154 valence electrons. The van der Waals surface area contributed by atoms with Crippen LogP contribution in [0, 0.1) is 0 Å². The standard InChI is InChI=1S/C19H31N3O3S.ClH/c1-2-20-13-14-21-19(23)12-9-17-7-10-18(11-8-17)26(24,25)22-15-5-3-4-6-16-22;/h7-8,10-11,20H,2-6,9,12-16H2,1H3,(H,21,23);1H. The van der Waals surface area contributed by atoms with Crippen LogP contribution < -0.4 is 10.6 Å². The summed E-state index contributed by atoms with van der Waals surface area (Å²) in [6.07, 6.45) is 5.07. The number of nitrogens with one attached hydrogen (secondary N) is 2. The molecule has 1 heterocycles. The SMILES string of the molecule is CCNCCNC(=O)CCc1ccc(S(=O)(=O)N2CCCCCC2)cc1.Cl. The van der Waals surface area contributed by atoms with E-state index in [1.165, 1.54) is 0 Å². The zero-order chi connectivity index (χ0) is 18.8. The van der Waals surface area contributed by atoms with Gasteiger partial charge in [0.1, 0.15) is 0 Å². The summed E-state index contributed by atoms with van der Waals surface area (Å²) in [6, 6.07) is 6.96. The van der Waals surface area contributed by atoms with Gasteiger partial charge in [0.15, 0.2) is 0 Å². The van der Waals surface area contributed by atoms with Gasteiger partial charge in [0.05, 0.1) is 4.90 Å². The lowest BCUT2D eigenvalue weighted by Crippen LogP contribution is -2.32. The van der Waals surface area contributed by atoms with Crippen molar-refractivity contribution in [2.45, 2.75) is 50.3 Å². The van der Waals surface area contributed by atoms with Gasteiger partial charge in [-0.2, -0.15) is 4.31 Å². The van der Waals surface area contributed by atoms with E-state index in [0.717, 1.165) is 44.3 Å². The summed E-state index contributed by atoms with van der Waals surface area (Å²) in [5.74, 6) is 0.0177. The topological polar surface area (TPSA) is 78.5 Å². The molecule has 0 bridgehead atoms. The third-order valence-corrected chi connectivity index (χ3v) is 6.55. The largest absolute Gasteiger partial charge is 0.355 e. The highest BCUT2D eigenvalue weighted by atomic mass is 35.5. The number of amides is 1. The number of nitrogens with zero attached hydrogens (tertiary/aromatic N) is 1. The van der Waals surface area contributed by atoms with Crippen LogP contribution in [0.5, 0.6) is 0 Å². The Labute approximate surface area is 169 Å². The van der Waals surface area contributed by atoms with Gasteiger partial charge in [-0.1, -0.05) is 31.9 Å². The molecule has 1 aliphatic heterocycles. The van der Waals surface area contributed by atoms with E-state index in [-0.39, 0.29) is 18.3 Å². The van der Waals surface area contributed by atoms with E-state index in [1.54, 1.807) is 16.4 Å². The van der Waals surface area contributed by atoms with Gasteiger partial charge >= 0.3 is 0 Å². The number of benzene rings is 1. The van der Waals surface area contributed by atoms with Crippen LogP contribution in [0.2, 0.25) is 0 Å². The molecular weight excluding hydrogens is 386 g/mol. The molecule has 1 amide bonds. The van der Waals surface area contributed by atoms with E-state index >= 15 is 0 Å². The number of hydrogen-bond donors (Lipinski definition) is 2. The summed E-state index contributed by atoms with van der Waals surface area (Å²) in [7, 11) is -3.40. The van der Waals surface area contributed by atoms with Crippen LogP contribution in [0.3, 0.4) is 0 Å². The highest BCUT2D eigenvalue weighted by Crippen LogP contribution is 2.21. The van der Waals surface area contributed by atoms with Gasteiger partial charge in [0, 0.05) is 32.6 Å². The molecule has 1 aliphatic rings. The predicted molar refractivity (Wildman–Crippen MR) is 111 cm³/mol. The van der Waals surface area contributed by atoms with Crippen LogP contribution in [-0.2, 0) is 21.2 Å². The number of carbonyl (C=O) groups is 1. The Morgan fingerprint density at radius 2 is 1.67 bits per heavy atom. The first kappa shape index (κ1) is 23.9. The summed E-state index contributed by atoms with van der Waals surface area (Å²) in [4.78, 5) is 12.1. The Hall–Kier alpha value is -1.15. The minimum absolute atomic E-state index is 0. The normalized spacial score (nSPS) is 15.6. The predicted octanol–water partition coefficient (Wildman–Crippen LogP) is 2.33. The van der Waals surface area contributed by atoms with Gasteiger partial charge in [-0.3, -0.25) is 4.79 Å². The van der Waals surface area contributed by atoms with Crippen molar-refractivity contribution >= 4 is 28.3 Å². The molecule has 0 aliphatic carbocycles. The Morgan fingerprint density at radius 1 is 1.04 bits per heavy atom. The lowest BCUT2D eigenvalue weighted by Gasteiger charge is -2.20. The Morgan fingerprint density at radius 3 is 2.26 bits per heavy atom. The van der Waals surface area contributed by atoms with Crippen molar-refractivity contribution in [2.75, 3.05) is 32.7 Å². The van der Waals surface area contributed by atoms with Crippen LogP contribution >= 0.6 is 12.4 Å². The van der Waals surface area contributed by atoms with E-state index in [2.05, 4.69) is 10.6 Å². The van der Waals surface area contributed by atoms with Crippen molar-refractivity contribution in [2.24, 2.45) is 0 Å². The van der Waals surface area contributed by atoms with Crippen molar-refractivity contribution < 1.29 is 13.2 Å². The molecule has 0 saturated carbocycles. The third kappa shape index (κ3) is 7.78. The van der Waals surface area contributed by atoms with Crippen molar-refractivity contribution in [1.82, 2.24) is 14.9 Å². The smallest absolute Gasteiger partial charge is 0.243 e. The maximum atomic E-state index is 12.7. The van der Waals surface area contributed by atoms with Crippen LogP contribution in [0.25, 0.3) is 0 Å². The van der Waals surface area contributed by atoms with Crippen LogP contribution in [0.1, 0.15) is 44.6 Å². The van der Waals surface area contributed by atoms with Crippen molar-refractivity contribution in [3.63, 3.8) is 0 Å². The number of sulfonamides is 1. The number of likely N-dealkylation sites (N-methyl/N-ethyl adjacent to an activating group) is 1. The summed E-state index contributed by atoms with van der Waals surface area (Å²) in [5, 5.41) is 6.02. The minimum Gasteiger partial charge on any atom is -0.355 e. The van der Waals surface area contributed by atoms with Gasteiger partial charge < -0.3 is 10.6 Å². The highest BCUT2D eigenvalue weighted by molar-refractivity contribution is 7.89. The molecule has 0 aromatic heterocycles. The number of halogens is 1. The van der Waals surface area contributed by atoms with Crippen LogP contribution in [0.4, 0.5) is 0 Å². The van der Waals surface area contributed by atoms with Crippen LogP contribution in [0.15, 0.2) is 29.2 Å². The summed E-state index contributed by atoms with van der Waals surface area (Å²) >= 11 is 0. The van der Waals surface area contributed by atoms with Gasteiger partial charge in [-0.05, 0) is 43.5 Å². The molecule has 1 saturated heterocycles. The molecular formula is C19H32ClN3O3S. The summed E-state index contributed by atoms with van der Waals surface area (Å²) < 4.78 is 27.1. The zero-order valence-electron chi connectivity index (χ0n) is 16.1. The first-order valence-electron chi connectivity index (χ1n) is 9.60. The van der Waals surface area contributed by atoms with E-state index in [0.29, 0.717) is 37.4 Å². The highest BCUT2D eigenvalue weighted by Gasteiger charge is 2.24. The van der Waals surface area contributed by atoms with E-state index < -0.39 is 10.0 Å². The lowest BCUT2D eigenvalue weighted by molar-refractivity contribution is -0.121. The first-order valence-corrected chi connectivity index (χ1v) is 11.0. The maximum absolute atomic E-state index is 12.7. The molecule has 2 N–H and O–H groups in total. The molecule has 1 fully saturated rings. The molecule has 6 nitrogen and oxygen atoms in total. The fourth-order valence-electron chi connectivity index (χ4n) is 3.07. The lowest BCUT2D eigenvalue weighted by atomic mass is 10.1. The molecule has 1 aromatic carbocycles. The molecule has 0 spiro atoms. The van der Waals surface area contributed by atoms with Crippen molar-refractivity contribution in [3.05, 3.63) is 29.8 Å². The summed E-state index contributed by atoms with van der Waals surface area (Å²) in [6.45, 7) is 5.53. The number of carbonyl (C=O) groups excluding carboxylic acids is 1. The quantitative estimate of drug-likeness (QED) is 0.604. The second-order valence-corrected chi connectivity index (χ2v) is 8.60. The fraction of sp³-hybridized carbons (Fsp3) is 0.632. The second kappa shape index (κ2) is 12.3. The van der Waals surface area contributed by atoms with Gasteiger partial charge in [0.25, 0.3) is 0 Å². The van der Waals surface area contributed by atoms with Gasteiger partial charge in [-0.25, -0.2) is 8.42 Å². The van der Waals surface area contributed by atoms with Gasteiger partial charge in [0.2, 0.25) is 15.9 Å². The molecule has 0 unspecified atom stereocenters. The zero-order valence-corrected chi connectivity index (χ0v) is 17.7. The van der Waals surface area contributed by atoms with E-state index in [9.17, 15) is 13.2 Å².